The Morgan fingerprint density at radius 2 is 2.08 bits per heavy atom. The summed E-state index contributed by atoms with van der Waals surface area (Å²) in [4.78, 5) is 0. The molecule has 0 saturated heterocycles. The van der Waals surface area contributed by atoms with Gasteiger partial charge in [-0.3, -0.25) is 0 Å². The molecule has 0 amide bonds. The van der Waals surface area contributed by atoms with E-state index in [1.807, 2.05) is 0 Å². The van der Waals surface area contributed by atoms with Crippen LogP contribution in [0.4, 0.5) is 4.39 Å². The van der Waals surface area contributed by atoms with Crippen LogP contribution in [-0.2, 0) is 0 Å². The van der Waals surface area contributed by atoms with Crippen LogP contribution < -0.4 is 5.73 Å². The fraction of sp³-hybridized carbons (Fsp3) is 0.400. The Bertz CT molecular complexity index is 299. The molecule has 3 heteroatoms. The molecule has 2 atom stereocenters. The number of aryl methyl sites for hydroxylation is 1. The van der Waals surface area contributed by atoms with Crippen LogP contribution in [0.1, 0.15) is 24.1 Å². The van der Waals surface area contributed by atoms with E-state index in [-0.39, 0.29) is 5.82 Å². The standard InChI is InChI=1S/C10H14FNO/c1-6-5-8(3-4-9(6)11)10(12)7(2)13/h3-5,7,10,13H,12H2,1-2H3/t7-,10-/m0/s1. The molecule has 1 rings (SSSR count). The molecular formula is C10H14FNO. The molecule has 1 aromatic rings. The highest BCUT2D eigenvalue weighted by Gasteiger charge is 2.12. The molecule has 0 fully saturated rings. The number of aliphatic hydroxyl groups excluding tert-OH is 1. The van der Waals surface area contributed by atoms with Gasteiger partial charge in [-0.25, -0.2) is 4.39 Å². The average molecular weight is 183 g/mol. The molecule has 0 aliphatic rings. The van der Waals surface area contributed by atoms with Crippen molar-refractivity contribution >= 4 is 0 Å². The molecule has 0 saturated carbocycles. The molecular weight excluding hydrogens is 169 g/mol. The summed E-state index contributed by atoms with van der Waals surface area (Å²) in [6.07, 6.45) is -0.620. The van der Waals surface area contributed by atoms with Crippen molar-refractivity contribution in [1.29, 1.82) is 0 Å². The van der Waals surface area contributed by atoms with Crippen molar-refractivity contribution in [3.63, 3.8) is 0 Å². The van der Waals surface area contributed by atoms with Crippen LogP contribution in [0.3, 0.4) is 0 Å². The van der Waals surface area contributed by atoms with Crippen molar-refractivity contribution < 1.29 is 9.50 Å². The molecule has 0 bridgehead atoms. The highest BCUT2D eigenvalue weighted by Crippen LogP contribution is 2.17. The molecule has 3 N–H and O–H groups in total. The summed E-state index contributed by atoms with van der Waals surface area (Å²) >= 11 is 0. The van der Waals surface area contributed by atoms with E-state index >= 15 is 0 Å². The summed E-state index contributed by atoms with van der Waals surface area (Å²) in [5.41, 5.74) is 6.99. The van der Waals surface area contributed by atoms with Gasteiger partial charge in [-0.2, -0.15) is 0 Å². The second kappa shape index (κ2) is 3.85. The van der Waals surface area contributed by atoms with Crippen molar-refractivity contribution in [1.82, 2.24) is 0 Å². The van der Waals surface area contributed by atoms with E-state index in [0.717, 1.165) is 5.56 Å². The molecule has 1 aromatic carbocycles. The molecule has 72 valence electrons. The molecule has 0 aliphatic carbocycles. The van der Waals surface area contributed by atoms with Crippen LogP contribution in [0.2, 0.25) is 0 Å². The SMILES string of the molecule is Cc1cc([C@@H](N)[C@H](C)O)ccc1F. The first-order chi connectivity index (χ1) is 6.02. The molecule has 0 aliphatic heterocycles. The van der Waals surface area contributed by atoms with Gasteiger partial charge in [0.2, 0.25) is 0 Å². The molecule has 0 radical (unpaired) electrons. The second-order valence-electron chi connectivity index (χ2n) is 3.28. The summed E-state index contributed by atoms with van der Waals surface area (Å²) in [6.45, 7) is 3.29. The fourth-order valence-corrected chi connectivity index (χ4v) is 1.15. The Balaban J connectivity index is 2.97. The summed E-state index contributed by atoms with van der Waals surface area (Å²) < 4.78 is 12.9. The minimum atomic E-state index is -0.620. The van der Waals surface area contributed by atoms with Crippen LogP contribution >= 0.6 is 0 Å². The fourth-order valence-electron chi connectivity index (χ4n) is 1.15. The number of aliphatic hydroxyl groups is 1. The van der Waals surface area contributed by atoms with Gasteiger partial charge in [0.15, 0.2) is 0 Å². The van der Waals surface area contributed by atoms with Gasteiger partial charge in [0.1, 0.15) is 5.82 Å². The van der Waals surface area contributed by atoms with E-state index in [1.165, 1.54) is 6.07 Å². The minimum Gasteiger partial charge on any atom is -0.391 e. The van der Waals surface area contributed by atoms with E-state index < -0.39 is 12.1 Å². The number of halogens is 1. The number of hydrogen-bond donors (Lipinski definition) is 2. The lowest BCUT2D eigenvalue weighted by Gasteiger charge is -2.15. The van der Waals surface area contributed by atoms with Crippen LogP contribution in [0, 0.1) is 12.7 Å². The smallest absolute Gasteiger partial charge is 0.126 e. The Labute approximate surface area is 77.2 Å². The Hall–Kier alpha value is -0.930. The number of nitrogens with two attached hydrogens (primary N) is 1. The Morgan fingerprint density at radius 1 is 1.46 bits per heavy atom. The normalized spacial score (nSPS) is 15.5. The van der Waals surface area contributed by atoms with Crippen LogP contribution in [0.5, 0.6) is 0 Å². The second-order valence-corrected chi connectivity index (χ2v) is 3.28. The summed E-state index contributed by atoms with van der Waals surface area (Å²) in [5, 5.41) is 9.22. The van der Waals surface area contributed by atoms with E-state index in [2.05, 4.69) is 0 Å². The number of rotatable bonds is 2. The van der Waals surface area contributed by atoms with Crippen LogP contribution in [0.25, 0.3) is 0 Å². The quantitative estimate of drug-likeness (QED) is 0.730. The molecule has 0 heterocycles. The summed E-state index contributed by atoms with van der Waals surface area (Å²) in [6, 6.07) is 4.18. The lowest BCUT2D eigenvalue weighted by Crippen LogP contribution is -2.23. The average Bonchev–Trinajstić information content (AvgIpc) is 2.08. The molecule has 13 heavy (non-hydrogen) atoms. The van der Waals surface area contributed by atoms with Gasteiger partial charge < -0.3 is 10.8 Å². The zero-order chi connectivity index (χ0) is 10.0. The van der Waals surface area contributed by atoms with Crippen molar-refractivity contribution in [3.8, 4) is 0 Å². The first-order valence-electron chi connectivity index (χ1n) is 4.22. The highest BCUT2D eigenvalue weighted by molar-refractivity contribution is 5.26. The van der Waals surface area contributed by atoms with Crippen molar-refractivity contribution in [2.45, 2.75) is 26.0 Å². The molecule has 0 unspecified atom stereocenters. The van der Waals surface area contributed by atoms with Gasteiger partial charge in [0, 0.05) is 0 Å². The highest BCUT2D eigenvalue weighted by atomic mass is 19.1. The minimum absolute atomic E-state index is 0.249. The van der Waals surface area contributed by atoms with Gasteiger partial charge in [0.05, 0.1) is 12.1 Å². The zero-order valence-electron chi connectivity index (χ0n) is 7.79. The van der Waals surface area contributed by atoms with E-state index in [9.17, 15) is 9.50 Å². The maximum atomic E-state index is 12.9. The molecule has 0 spiro atoms. The lowest BCUT2D eigenvalue weighted by molar-refractivity contribution is 0.164. The largest absolute Gasteiger partial charge is 0.391 e. The van der Waals surface area contributed by atoms with Gasteiger partial charge in [-0.05, 0) is 31.0 Å². The first kappa shape index (κ1) is 10.2. The Morgan fingerprint density at radius 3 is 2.54 bits per heavy atom. The molecule has 2 nitrogen and oxygen atoms in total. The van der Waals surface area contributed by atoms with Crippen molar-refractivity contribution in [2.24, 2.45) is 5.73 Å². The van der Waals surface area contributed by atoms with Crippen molar-refractivity contribution in [2.75, 3.05) is 0 Å². The zero-order valence-corrected chi connectivity index (χ0v) is 7.79. The van der Waals surface area contributed by atoms with Gasteiger partial charge >= 0.3 is 0 Å². The van der Waals surface area contributed by atoms with Gasteiger partial charge in [-0.1, -0.05) is 12.1 Å². The van der Waals surface area contributed by atoms with E-state index in [4.69, 9.17) is 5.73 Å². The third-order valence-corrected chi connectivity index (χ3v) is 2.09. The van der Waals surface area contributed by atoms with E-state index in [0.29, 0.717) is 5.56 Å². The van der Waals surface area contributed by atoms with Crippen LogP contribution in [-0.4, -0.2) is 11.2 Å². The lowest BCUT2D eigenvalue weighted by atomic mass is 10.0. The summed E-state index contributed by atoms with van der Waals surface area (Å²) in [5.74, 6) is -0.249. The number of benzene rings is 1. The van der Waals surface area contributed by atoms with Crippen LogP contribution in [0.15, 0.2) is 18.2 Å². The molecule has 0 aromatic heterocycles. The van der Waals surface area contributed by atoms with Gasteiger partial charge in [-0.15, -0.1) is 0 Å². The van der Waals surface area contributed by atoms with E-state index in [1.54, 1.807) is 26.0 Å². The topological polar surface area (TPSA) is 46.2 Å². The third kappa shape index (κ3) is 2.26. The predicted octanol–water partition coefficient (Wildman–Crippen LogP) is 1.51. The summed E-state index contributed by atoms with van der Waals surface area (Å²) in [7, 11) is 0. The Kier molecular flexibility index (Phi) is 3.01. The first-order valence-corrected chi connectivity index (χ1v) is 4.22. The van der Waals surface area contributed by atoms with Crippen molar-refractivity contribution in [3.05, 3.63) is 35.1 Å². The third-order valence-electron chi connectivity index (χ3n) is 2.09. The van der Waals surface area contributed by atoms with Gasteiger partial charge in [0.25, 0.3) is 0 Å². The monoisotopic (exact) mass is 183 g/mol. The maximum absolute atomic E-state index is 12.9. The predicted molar refractivity (Wildman–Crippen MR) is 49.7 cm³/mol. The number of hydrogen-bond acceptors (Lipinski definition) is 2. The maximum Gasteiger partial charge on any atom is 0.126 e.